The Labute approximate surface area is 123 Å². The van der Waals surface area contributed by atoms with Crippen LogP contribution in [0.2, 0.25) is 5.02 Å². The van der Waals surface area contributed by atoms with Crippen LogP contribution in [0, 0.1) is 6.92 Å². The van der Waals surface area contributed by atoms with Crippen molar-refractivity contribution in [2.24, 2.45) is 0 Å². The molecule has 4 heteroatoms. The lowest BCUT2D eigenvalue weighted by Crippen LogP contribution is -2.25. The van der Waals surface area contributed by atoms with Crippen molar-refractivity contribution < 1.29 is 9.90 Å². The highest BCUT2D eigenvalue weighted by Crippen LogP contribution is 2.18. The first-order valence-electron chi connectivity index (χ1n) is 6.38. The largest absolute Gasteiger partial charge is 0.507 e. The van der Waals surface area contributed by atoms with Gasteiger partial charge in [0.05, 0.1) is 5.56 Å². The van der Waals surface area contributed by atoms with Crippen molar-refractivity contribution in [3.05, 3.63) is 64.2 Å². The zero-order valence-electron chi connectivity index (χ0n) is 11.2. The second-order valence-corrected chi connectivity index (χ2v) is 5.09. The zero-order chi connectivity index (χ0) is 14.5. The smallest absolute Gasteiger partial charge is 0.255 e. The second-order valence-electron chi connectivity index (χ2n) is 4.66. The fraction of sp³-hybridized carbons (Fsp3) is 0.188. The molecule has 2 N–H and O–H groups in total. The minimum absolute atomic E-state index is 0.00487. The molecule has 0 aliphatic rings. The SMILES string of the molecule is Cc1ccc(C(=O)NCCc2cccc(Cl)c2)c(O)c1. The molecule has 2 rings (SSSR count). The van der Waals surface area contributed by atoms with Crippen molar-refractivity contribution in [1.82, 2.24) is 5.32 Å². The van der Waals surface area contributed by atoms with E-state index in [1.807, 2.05) is 31.2 Å². The number of phenols is 1. The number of carbonyl (C=O) groups excluding carboxylic acids is 1. The number of amides is 1. The highest BCUT2D eigenvalue weighted by molar-refractivity contribution is 6.30. The lowest BCUT2D eigenvalue weighted by atomic mass is 10.1. The molecule has 2 aromatic rings. The van der Waals surface area contributed by atoms with E-state index < -0.39 is 0 Å². The molecule has 0 unspecified atom stereocenters. The van der Waals surface area contributed by atoms with Crippen LogP contribution in [0.15, 0.2) is 42.5 Å². The van der Waals surface area contributed by atoms with E-state index in [2.05, 4.69) is 5.32 Å². The molecule has 0 aliphatic heterocycles. The first-order chi connectivity index (χ1) is 9.56. The summed E-state index contributed by atoms with van der Waals surface area (Å²) in [7, 11) is 0. The van der Waals surface area contributed by atoms with Crippen LogP contribution < -0.4 is 5.32 Å². The summed E-state index contributed by atoms with van der Waals surface area (Å²) in [4.78, 5) is 11.9. The molecular formula is C16H16ClNO2. The Balaban J connectivity index is 1.92. The molecule has 0 spiro atoms. The minimum Gasteiger partial charge on any atom is -0.507 e. The standard InChI is InChI=1S/C16H16ClNO2/c1-11-5-6-14(15(19)9-11)16(20)18-8-7-12-3-2-4-13(17)10-12/h2-6,9-10,19H,7-8H2,1H3,(H,18,20). The molecule has 0 atom stereocenters. The van der Waals surface area contributed by atoms with Crippen molar-refractivity contribution in [3.63, 3.8) is 0 Å². The maximum atomic E-state index is 11.9. The van der Waals surface area contributed by atoms with Crippen LogP contribution in [-0.4, -0.2) is 17.6 Å². The number of nitrogens with one attached hydrogen (secondary N) is 1. The van der Waals surface area contributed by atoms with Crippen LogP contribution in [0.4, 0.5) is 0 Å². The van der Waals surface area contributed by atoms with Crippen molar-refractivity contribution in [1.29, 1.82) is 0 Å². The van der Waals surface area contributed by atoms with Gasteiger partial charge in [0.25, 0.3) is 5.91 Å². The molecule has 104 valence electrons. The molecule has 0 bridgehead atoms. The monoisotopic (exact) mass is 289 g/mol. The third kappa shape index (κ3) is 3.75. The fourth-order valence-electron chi connectivity index (χ4n) is 1.94. The number of rotatable bonds is 4. The molecule has 0 heterocycles. The molecule has 0 saturated heterocycles. The molecule has 0 saturated carbocycles. The predicted molar refractivity (Wildman–Crippen MR) is 80.3 cm³/mol. The van der Waals surface area contributed by atoms with Crippen molar-refractivity contribution >= 4 is 17.5 Å². The second kappa shape index (κ2) is 6.44. The number of carbonyl (C=O) groups is 1. The Kier molecular flexibility index (Phi) is 4.64. The van der Waals surface area contributed by atoms with Crippen LogP contribution in [0.5, 0.6) is 5.75 Å². The van der Waals surface area contributed by atoms with Crippen LogP contribution in [0.25, 0.3) is 0 Å². The first-order valence-corrected chi connectivity index (χ1v) is 6.76. The average molecular weight is 290 g/mol. The molecular weight excluding hydrogens is 274 g/mol. The van der Waals surface area contributed by atoms with Crippen molar-refractivity contribution in [3.8, 4) is 5.75 Å². The number of halogens is 1. The van der Waals surface area contributed by atoms with Gasteiger partial charge in [-0.05, 0) is 48.7 Å². The third-order valence-corrected chi connectivity index (χ3v) is 3.22. The molecule has 2 aromatic carbocycles. The first kappa shape index (κ1) is 14.4. The summed E-state index contributed by atoms with van der Waals surface area (Å²) in [5.41, 5.74) is 2.27. The van der Waals surface area contributed by atoms with Crippen LogP contribution in [0.1, 0.15) is 21.5 Å². The molecule has 0 aromatic heterocycles. The van der Waals surface area contributed by atoms with Gasteiger partial charge in [-0.2, -0.15) is 0 Å². The van der Waals surface area contributed by atoms with Gasteiger partial charge in [0.1, 0.15) is 5.75 Å². The highest BCUT2D eigenvalue weighted by Gasteiger charge is 2.10. The van der Waals surface area contributed by atoms with Crippen molar-refractivity contribution in [2.75, 3.05) is 6.54 Å². The summed E-state index contributed by atoms with van der Waals surface area (Å²) in [5, 5.41) is 13.2. The summed E-state index contributed by atoms with van der Waals surface area (Å²) in [5.74, 6) is -0.269. The van der Waals surface area contributed by atoms with E-state index in [4.69, 9.17) is 11.6 Å². The number of hydrogen-bond acceptors (Lipinski definition) is 2. The maximum absolute atomic E-state index is 11.9. The van der Waals surface area contributed by atoms with Gasteiger partial charge < -0.3 is 10.4 Å². The van der Waals surface area contributed by atoms with E-state index in [1.165, 1.54) is 0 Å². The molecule has 1 amide bonds. The Hall–Kier alpha value is -2.00. The fourth-order valence-corrected chi connectivity index (χ4v) is 2.15. The van der Waals surface area contributed by atoms with Crippen LogP contribution in [-0.2, 0) is 6.42 Å². The molecule has 0 radical (unpaired) electrons. The molecule has 20 heavy (non-hydrogen) atoms. The van der Waals surface area contributed by atoms with Gasteiger partial charge in [0.2, 0.25) is 0 Å². The molecule has 3 nitrogen and oxygen atoms in total. The number of benzene rings is 2. The summed E-state index contributed by atoms with van der Waals surface area (Å²) < 4.78 is 0. The number of aryl methyl sites for hydroxylation is 1. The Bertz CT molecular complexity index is 626. The summed E-state index contributed by atoms with van der Waals surface area (Å²) in [6.45, 7) is 2.35. The number of hydrogen-bond donors (Lipinski definition) is 2. The Morgan fingerprint density at radius 2 is 2.05 bits per heavy atom. The van der Waals surface area contributed by atoms with E-state index in [0.717, 1.165) is 11.1 Å². The topological polar surface area (TPSA) is 49.3 Å². The predicted octanol–water partition coefficient (Wildman–Crippen LogP) is 3.33. The van der Waals surface area contributed by atoms with E-state index in [9.17, 15) is 9.90 Å². The van der Waals surface area contributed by atoms with E-state index in [0.29, 0.717) is 23.6 Å². The van der Waals surface area contributed by atoms with Gasteiger partial charge in [-0.3, -0.25) is 4.79 Å². The van der Waals surface area contributed by atoms with Gasteiger partial charge in [0.15, 0.2) is 0 Å². The van der Waals surface area contributed by atoms with Gasteiger partial charge >= 0.3 is 0 Å². The Morgan fingerprint density at radius 3 is 2.75 bits per heavy atom. The zero-order valence-corrected chi connectivity index (χ0v) is 11.9. The normalized spacial score (nSPS) is 10.3. The third-order valence-electron chi connectivity index (χ3n) is 2.99. The summed E-state index contributed by atoms with van der Waals surface area (Å²) in [6, 6.07) is 12.5. The molecule has 0 fully saturated rings. The van der Waals surface area contributed by atoms with E-state index in [-0.39, 0.29) is 11.7 Å². The van der Waals surface area contributed by atoms with Crippen molar-refractivity contribution in [2.45, 2.75) is 13.3 Å². The summed E-state index contributed by atoms with van der Waals surface area (Å²) >= 11 is 5.90. The highest BCUT2D eigenvalue weighted by atomic mass is 35.5. The Morgan fingerprint density at radius 1 is 1.25 bits per heavy atom. The molecule has 0 aliphatic carbocycles. The summed E-state index contributed by atoms with van der Waals surface area (Å²) in [6.07, 6.45) is 0.693. The minimum atomic E-state index is -0.274. The van der Waals surface area contributed by atoms with E-state index in [1.54, 1.807) is 18.2 Å². The van der Waals surface area contributed by atoms with E-state index >= 15 is 0 Å². The number of phenolic OH excluding ortho intramolecular Hbond substituents is 1. The number of aromatic hydroxyl groups is 1. The van der Waals surface area contributed by atoms with Gasteiger partial charge in [0, 0.05) is 11.6 Å². The van der Waals surface area contributed by atoms with Gasteiger partial charge in [-0.15, -0.1) is 0 Å². The lowest BCUT2D eigenvalue weighted by molar-refractivity contribution is 0.0951. The van der Waals surface area contributed by atoms with Gasteiger partial charge in [-0.25, -0.2) is 0 Å². The van der Waals surface area contributed by atoms with Crippen LogP contribution >= 0.6 is 11.6 Å². The van der Waals surface area contributed by atoms with Gasteiger partial charge in [-0.1, -0.05) is 29.8 Å². The quantitative estimate of drug-likeness (QED) is 0.907. The average Bonchev–Trinajstić information content (AvgIpc) is 2.38. The van der Waals surface area contributed by atoms with Crippen LogP contribution in [0.3, 0.4) is 0 Å². The maximum Gasteiger partial charge on any atom is 0.255 e. The lowest BCUT2D eigenvalue weighted by Gasteiger charge is -2.07.